The quantitative estimate of drug-likeness (QED) is 0.707. The first-order chi connectivity index (χ1) is 7.09. The predicted molar refractivity (Wildman–Crippen MR) is 60.5 cm³/mol. The number of carbonyl (C=O) groups excluding carboxylic acids is 1. The van der Waals surface area contributed by atoms with Crippen molar-refractivity contribution < 1.29 is 9.90 Å². The minimum Gasteiger partial charge on any atom is -0.396 e. The van der Waals surface area contributed by atoms with E-state index in [2.05, 4.69) is 5.32 Å². The number of aliphatic hydroxyl groups is 1. The molecule has 0 radical (unpaired) electrons. The van der Waals surface area contributed by atoms with Crippen LogP contribution in [0.1, 0.15) is 52.4 Å². The first kappa shape index (κ1) is 12.5. The van der Waals surface area contributed by atoms with Crippen LogP contribution in [0.5, 0.6) is 0 Å². The second-order valence-corrected chi connectivity index (χ2v) is 4.94. The fraction of sp³-hybridized carbons (Fsp3) is 0.917. The van der Waals surface area contributed by atoms with Crippen molar-refractivity contribution in [3.63, 3.8) is 0 Å². The molecule has 1 aliphatic rings. The van der Waals surface area contributed by atoms with Crippen molar-refractivity contribution in [2.75, 3.05) is 6.61 Å². The fourth-order valence-electron chi connectivity index (χ4n) is 1.92. The van der Waals surface area contributed by atoms with Crippen LogP contribution in [0, 0.1) is 5.92 Å². The van der Waals surface area contributed by atoms with Crippen molar-refractivity contribution >= 4 is 5.91 Å². The molecule has 1 amide bonds. The second kappa shape index (κ2) is 5.50. The van der Waals surface area contributed by atoms with E-state index in [0.717, 1.165) is 6.42 Å². The summed E-state index contributed by atoms with van der Waals surface area (Å²) in [7, 11) is 0. The molecule has 1 atom stereocenters. The zero-order chi connectivity index (χ0) is 11.3. The summed E-state index contributed by atoms with van der Waals surface area (Å²) in [6, 6.07) is 0. The van der Waals surface area contributed by atoms with Gasteiger partial charge in [-0.2, -0.15) is 0 Å². The molecule has 0 aromatic heterocycles. The van der Waals surface area contributed by atoms with Gasteiger partial charge in [-0.3, -0.25) is 4.79 Å². The van der Waals surface area contributed by atoms with Gasteiger partial charge in [-0.05, 0) is 38.5 Å². The third-order valence-corrected chi connectivity index (χ3v) is 3.58. The van der Waals surface area contributed by atoms with E-state index in [1.807, 2.05) is 13.8 Å². The molecule has 0 aromatic carbocycles. The van der Waals surface area contributed by atoms with Crippen LogP contribution in [0.15, 0.2) is 0 Å². The van der Waals surface area contributed by atoms with Gasteiger partial charge >= 0.3 is 0 Å². The van der Waals surface area contributed by atoms with E-state index in [1.165, 1.54) is 19.3 Å². The molecular formula is C12H23NO2. The molecule has 1 saturated carbocycles. The van der Waals surface area contributed by atoms with Crippen molar-refractivity contribution in [1.82, 2.24) is 5.32 Å². The summed E-state index contributed by atoms with van der Waals surface area (Å²) in [6.07, 6.45) is 5.86. The van der Waals surface area contributed by atoms with E-state index < -0.39 is 0 Å². The molecule has 2 N–H and O–H groups in total. The minimum absolute atomic E-state index is 0.133. The normalized spacial score (nSPS) is 20.5. The molecule has 0 aromatic rings. The molecule has 88 valence electrons. The molecule has 0 saturated heterocycles. The highest BCUT2D eigenvalue weighted by molar-refractivity contribution is 5.77. The Kier molecular flexibility index (Phi) is 4.58. The number of nitrogens with one attached hydrogen (secondary N) is 1. The largest absolute Gasteiger partial charge is 0.396 e. The molecule has 0 spiro atoms. The molecule has 1 unspecified atom stereocenters. The van der Waals surface area contributed by atoms with Gasteiger partial charge in [-0.1, -0.05) is 13.3 Å². The zero-order valence-electron chi connectivity index (χ0n) is 9.88. The molecule has 1 rings (SSSR count). The number of aliphatic hydroxyl groups excluding tert-OH is 1. The van der Waals surface area contributed by atoms with E-state index in [1.54, 1.807) is 0 Å². The number of hydrogen-bond acceptors (Lipinski definition) is 2. The van der Waals surface area contributed by atoms with E-state index in [4.69, 9.17) is 5.11 Å². The summed E-state index contributed by atoms with van der Waals surface area (Å²) < 4.78 is 0. The average molecular weight is 213 g/mol. The predicted octanol–water partition coefficient (Wildman–Crippen LogP) is 1.84. The second-order valence-electron chi connectivity index (χ2n) is 4.94. The van der Waals surface area contributed by atoms with E-state index in [0.29, 0.717) is 18.8 Å². The zero-order valence-corrected chi connectivity index (χ0v) is 9.88. The summed E-state index contributed by atoms with van der Waals surface area (Å²) in [5.74, 6) is 0.762. The molecule has 0 aliphatic heterocycles. The maximum Gasteiger partial charge on any atom is 0.220 e. The van der Waals surface area contributed by atoms with Crippen molar-refractivity contribution in [3.05, 3.63) is 0 Å². The molecule has 1 aliphatic carbocycles. The lowest BCUT2D eigenvalue weighted by molar-refractivity contribution is -0.124. The van der Waals surface area contributed by atoms with Crippen LogP contribution < -0.4 is 5.32 Å². The Labute approximate surface area is 92.3 Å². The van der Waals surface area contributed by atoms with Crippen LogP contribution in [0.25, 0.3) is 0 Å². The summed E-state index contributed by atoms with van der Waals surface area (Å²) in [4.78, 5) is 11.7. The van der Waals surface area contributed by atoms with Crippen LogP contribution >= 0.6 is 0 Å². The topological polar surface area (TPSA) is 49.3 Å². The molecule has 15 heavy (non-hydrogen) atoms. The molecule has 0 heterocycles. The van der Waals surface area contributed by atoms with Crippen LogP contribution in [0.3, 0.4) is 0 Å². The maximum atomic E-state index is 11.7. The summed E-state index contributed by atoms with van der Waals surface area (Å²) in [6.45, 7) is 4.18. The lowest BCUT2D eigenvalue weighted by Crippen LogP contribution is -2.46. The highest BCUT2D eigenvalue weighted by atomic mass is 16.3. The summed E-state index contributed by atoms with van der Waals surface area (Å²) in [5, 5.41) is 12.0. The van der Waals surface area contributed by atoms with Crippen molar-refractivity contribution in [3.8, 4) is 0 Å². The standard InChI is InChI=1S/C12H23NO2/c1-3-12(2,7-8-14)13-11(15)9-10-5-4-6-10/h10,14H,3-9H2,1-2H3,(H,13,15). The van der Waals surface area contributed by atoms with Crippen molar-refractivity contribution in [1.29, 1.82) is 0 Å². The molecule has 1 fully saturated rings. The number of rotatable bonds is 6. The van der Waals surface area contributed by atoms with E-state index in [9.17, 15) is 4.79 Å². The van der Waals surface area contributed by atoms with Gasteiger partial charge in [0.1, 0.15) is 0 Å². The van der Waals surface area contributed by atoms with E-state index >= 15 is 0 Å². The van der Waals surface area contributed by atoms with Crippen molar-refractivity contribution in [2.45, 2.75) is 57.9 Å². The van der Waals surface area contributed by atoms with E-state index in [-0.39, 0.29) is 18.1 Å². The maximum absolute atomic E-state index is 11.7. The van der Waals surface area contributed by atoms with Gasteiger partial charge in [-0.15, -0.1) is 0 Å². The number of carbonyl (C=O) groups is 1. The average Bonchev–Trinajstić information content (AvgIpc) is 2.12. The molecular weight excluding hydrogens is 190 g/mol. The first-order valence-corrected chi connectivity index (χ1v) is 6.01. The van der Waals surface area contributed by atoms with Crippen LogP contribution in [0.4, 0.5) is 0 Å². The highest BCUT2D eigenvalue weighted by Gasteiger charge is 2.26. The van der Waals surface area contributed by atoms with Crippen molar-refractivity contribution in [2.24, 2.45) is 5.92 Å². The van der Waals surface area contributed by atoms with Gasteiger partial charge in [0.25, 0.3) is 0 Å². The smallest absolute Gasteiger partial charge is 0.220 e. The van der Waals surface area contributed by atoms with Gasteiger partial charge in [0.05, 0.1) is 0 Å². The Bertz CT molecular complexity index is 214. The van der Waals surface area contributed by atoms with Gasteiger partial charge in [-0.25, -0.2) is 0 Å². The number of amides is 1. The number of hydrogen-bond donors (Lipinski definition) is 2. The Hall–Kier alpha value is -0.570. The highest BCUT2D eigenvalue weighted by Crippen LogP contribution is 2.29. The molecule has 3 nitrogen and oxygen atoms in total. The Morgan fingerprint density at radius 3 is 2.60 bits per heavy atom. The fourth-order valence-corrected chi connectivity index (χ4v) is 1.92. The monoisotopic (exact) mass is 213 g/mol. The SMILES string of the molecule is CCC(C)(CCO)NC(=O)CC1CCC1. The minimum atomic E-state index is -0.227. The summed E-state index contributed by atoms with van der Waals surface area (Å²) >= 11 is 0. The Morgan fingerprint density at radius 1 is 1.53 bits per heavy atom. The summed E-state index contributed by atoms with van der Waals surface area (Å²) in [5.41, 5.74) is -0.227. The first-order valence-electron chi connectivity index (χ1n) is 6.01. The van der Waals surface area contributed by atoms with Gasteiger partial charge in [0.15, 0.2) is 0 Å². The molecule has 0 bridgehead atoms. The van der Waals surface area contributed by atoms with Gasteiger partial charge in [0.2, 0.25) is 5.91 Å². The lowest BCUT2D eigenvalue weighted by atomic mass is 9.82. The van der Waals surface area contributed by atoms with Crippen LogP contribution in [0.2, 0.25) is 0 Å². The lowest BCUT2D eigenvalue weighted by Gasteiger charge is -2.31. The van der Waals surface area contributed by atoms with Crippen LogP contribution in [-0.2, 0) is 4.79 Å². The third-order valence-electron chi connectivity index (χ3n) is 3.58. The molecule has 3 heteroatoms. The Balaban J connectivity index is 2.32. The van der Waals surface area contributed by atoms with Gasteiger partial charge < -0.3 is 10.4 Å². The Morgan fingerprint density at radius 2 is 2.20 bits per heavy atom. The van der Waals surface area contributed by atoms with Gasteiger partial charge in [0, 0.05) is 18.6 Å². The third kappa shape index (κ3) is 3.82. The van der Waals surface area contributed by atoms with Crippen LogP contribution in [-0.4, -0.2) is 23.2 Å².